The van der Waals surface area contributed by atoms with E-state index >= 15 is 0 Å². The monoisotopic (exact) mass is 208 g/mol. The van der Waals surface area contributed by atoms with E-state index in [1.807, 2.05) is 24.7 Å². The number of cyclic esters (lactones) is 1. The number of carbonyl (C=O) groups excluding carboxylic acids is 1. The summed E-state index contributed by atoms with van der Waals surface area (Å²) >= 11 is 0. The van der Waals surface area contributed by atoms with Gasteiger partial charge in [-0.25, -0.2) is 4.98 Å². The second-order valence-corrected chi connectivity index (χ2v) is 4.10. The number of aryl methyl sites for hydroxylation is 1. The van der Waals surface area contributed by atoms with Gasteiger partial charge in [-0.1, -0.05) is 6.92 Å². The summed E-state index contributed by atoms with van der Waals surface area (Å²) in [6.07, 6.45) is 5.38. The van der Waals surface area contributed by atoms with E-state index in [9.17, 15) is 4.79 Å². The first-order valence-electron chi connectivity index (χ1n) is 5.34. The Kier molecular flexibility index (Phi) is 2.75. The molecule has 0 saturated carbocycles. The largest absolute Gasteiger partial charge is 0.465 e. The number of ether oxygens (including phenoxy) is 1. The van der Waals surface area contributed by atoms with Gasteiger partial charge < -0.3 is 9.30 Å². The van der Waals surface area contributed by atoms with Gasteiger partial charge in [0, 0.05) is 24.9 Å². The standard InChI is InChI=1S/C11H16N2O2/c1-3-10-8(6-15-11(10)14)4-9-5-12-7-13(9)2/h5,7-8,10H,3-4,6H2,1-2H3/t8-,10?/m0/s1. The summed E-state index contributed by atoms with van der Waals surface area (Å²) in [5.74, 6) is 0.350. The van der Waals surface area contributed by atoms with Crippen LogP contribution in [0.5, 0.6) is 0 Å². The molecule has 1 aliphatic heterocycles. The number of rotatable bonds is 3. The molecule has 1 saturated heterocycles. The van der Waals surface area contributed by atoms with Gasteiger partial charge in [0.25, 0.3) is 0 Å². The summed E-state index contributed by atoms with van der Waals surface area (Å²) in [4.78, 5) is 15.5. The molecular formula is C11H16N2O2. The molecule has 0 aliphatic carbocycles. The molecule has 0 amide bonds. The van der Waals surface area contributed by atoms with E-state index in [1.54, 1.807) is 6.33 Å². The Bertz CT molecular complexity index is 359. The molecule has 0 bridgehead atoms. The summed E-state index contributed by atoms with van der Waals surface area (Å²) < 4.78 is 7.08. The van der Waals surface area contributed by atoms with E-state index in [-0.39, 0.29) is 11.9 Å². The Morgan fingerprint density at radius 1 is 1.67 bits per heavy atom. The van der Waals surface area contributed by atoms with Crippen molar-refractivity contribution in [2.45, 2.75) is 19.8 Å². The lowest BCUT2D eigenvalue weighted by Gasteiger charge is -2.12. The third-order valence-corrected chi connectivity index (χ3v) is 3.14. The molecule has 1 fully saturated rings. The molecule has 0 N–H and O–H groups in total. The number of nitrogens with zero attached hydrogens (tertiary/aromatic N) is 2. The van der Waals surface area contributed by atoms with Gasteiger partial charge in [0.15, 0.2) is 0 Å². The fourth-order valence-corrected chi connectivity index (χ4v) is 2.16. The van der Waals surface area contributed by atoms with Gasteiger partial charge in [0.05, 0.1) is 18.9 Å². The molecule has 15 heavy (non-hydrogen) atoms. The fourth-order valence-electron chi connectivity index (χ4n) is 2.16. The third-order valence-electron chi connectivity index (χ3n) is 3.14. The molecule has 0 radical (unpaired) electrons. The summed E-state index contributed by atoms with van der Waals surface area (Å²) in [6, 6.07) is 0. The highest BCUT2D eigenvalue weighted by Crippen LogP contribution is 2.27. The Hall–Kier alpha value is -1.32. The van der Waals surface area contributed by atoms with Crippen molar-refractivity contribution in [3.63, 3.8) is 0 Å². The Morgan fingerprint density at radius 2 is 2.47 bits per heavy atom. The van der Waals surface area contributed by atoms with Crippen molar-refractivity contribution in [2.24, 2.45) is 18.9 Å². The SMILES string of the molecule is CCC1C(=O)OC[C@@H]1Cc1cncn1C. The van der Waals surface area contributed by atoms with Gasteiger partial charge >= 0.3 is 5.97 Å². The van der Waals surface area contributed by atoms with Crippen LogP contribution in [-0.2, 0) is 23.0 Å². The number of hydrogen-bond acceptors (Lipinski definition) is 3. The number of aromatic nitrogens is 2. The van der Waals surface area contributed by atoms with Crippen LogP contribution in [0.2, 0.25) is 0 Å². The Balaban J connectivity index is 2.06. The van der Waals surface area contributed by atoms with Crippen LogP contribution in [0, 0.1) is 11.8 Å². The maximum absolute atomic E-state index is 11.4. The van der Waals surface area contributed by atoms with Crippen LogP contribution in [0.25, 0.3) is 0 Å². The summed E-state index contributed by atoms with van der Waals surface area (Å²) in [5.41, 5.74) is 1.16. The Morgan fingerprint density at radius 3 is 3.07 bits per heavy atom. The van der Waals surface area contributed by atoms with Crippen LogP contribution in [0.3, 0.4) is 0 Å². The number of imidazole rings is 1. The smallest absolute Gasteiger partial charge is 0.309 e. The quantitative estimate of drug-likeness (QED) is 0.700. The molecule has 1 aliphatic rings. The second kappa shape index (κ2) is 4.04. The van der Waals surface area contributed by atoms with Crippen molar-refractivity contribution >= 4 is 5.97 Å². The van der Waals surface area contributed by atoms with Gasteiger partial charge in [0.2, 0.25) is 0 Å². The van der Waals surface area contributed by atoms with Crippen LogP contribution in [0.1, 0.15) is 19.0 Å². The minimum Gasteiger partial charge on any atom is -0.465 e. The lowest BCUT2D eigenvalue weighted by Crippen LogP contribution is -2.18. The summed E-state index contributed by atoms with van der Waals surface area (Å²) in [5, 5.41) is 0. The normalized spacial score (nSPS) is 25.6. The van der Waals surface area contributed by atoms with Gasteiger partial charge in [-0.3, -0.25) is 4.79 Å². The summed E-state index contributed by atoms with van der Waals surface area (Å²) in [6.45, 7) is 2.59. The van der Waals surface area contributed by atoms with E-state index in [0.29, 0.717) is 12.5 Å². The van der Waals surface area contributed by atoms with Crippen molar-refractivity contribution in [2.75, 3.05) is 6.61 Å². The maximum atomic E-state index is 11.4. The van der Waals surface area contributed by atoms with Crippen LogP contribution >= 0.6 is 0 Å². The number of esters is 1. The predicted octanol–water partition coefficient (Wildman–Crippen LogP) is 1.16. The highest BCUT2D eigenvalue weighted by atomic mass is 16.5. The minimum atomic E-state index is -0.0373. The molecule has 2 atom stereocenters. The van der Waals surface area contributed by atoms with Gasteiger partial charge in [0.1, 0.15) is 0 Å². The van der Waals surface area contributed by atoms with Gasteiger partial charge in [-0.15, -0.1) is 0 Å². The summed E-state index contributed by atoms with van der Waals surface area (Å²) in [7, 11) is 1.97. The molecule has 2 rings (SSSR count). The first-order chi connectivity index (χ1) is 7.22. The predicted molar refractivity (Wildman–Crippen MR) is 55.1 cm³/mol. The van der Waals surface area contributed by atoms with E-state index in [2.05, 4.69) is 4.98 Å². The number of carbonyl (C=O) groups is 1. The van der Waals surface area contributed by atoms with Crippen molar-refractivity contribution in [1.29, 1.82) is 0 Å². The lowest BCUT2D eigenvalue weighted by atomic mass is 9.89. The number of hydrogen-bond donors (Lipinski definition) is 0. The minimum absolute atomic E-state index is 0.0373. The van der Waals surface area contributed by atoms with E-state index in [0.717, 1.165) is 18.5 Å². The van der Waals surface area contributed by atoms with Crippen LogP contribution in [0.4, 0.5) is 0 Å². The highest BCUT2D eigenvalue weighted by Gasteiger charge is 2.35. The molecule has 1 aromatic rings. The average molecular weight is 208 g/mol. The van der Waals surface area contributed by atoms with Gasteiger partial charge in [-0.2, -0.15) is 0 Å². The van der Waals surface area contributed by atoms with Crippen molar-refractivity contribution in [3.8, 4) is 0 Å². The van der Waals surface area contributed by atoms with Gasteiger partial charge in [-0.05, 0) is 12.8 Å². The first-order valence-corrected chi connectivity index (χ1v) is 5.34. The Labute approximate surface area is 89.3 Å². The topological polar surface area (TPSA) is 44.1 Å². The van der Waals surface area contributed by atoms with Crippen molar-refractivity contribution in [3.05, 3.63) is 18.2 Å². The first kappa shape index (κ1) is 10.2. The molecule has 2 heterocycles. The molecule has 0 spiro atoms. The van der Waals surface area contributed by atoms with Crippen LogP contribution in [-0.4, -0.2) is 22.1 Å². The van der Waals surface area contributed by atoms with E-state index in [1.165, 1.54) is 0 Å². The van der Waals surface area contributed by atoms with Crippen molar-refractivity contribution in [1.82, 2.24) is 9.55 Å². The molecule has 4 nitrogen and oxygen atoms in total. The zero-order valence-corrected chi connectivity index (χ0v) is 9.14. The zero-order valence-electron chi connectivity index (χ0n) is 9.14. The molecule has 0 aromatic carbocycles. The second-order valence-electron chi connectivity index (χ2n) is 4.10. The van der Waals surface area contributed by atoms with Crippen LogP contribution in [0.15, 0.2) is 12.5 Å². The fraction of sp³-hybridized carbons (Fsp3) is 0.636. The molecule has 1 aromatic heterocycles. The van der Waals surface area contributed by atoms with Crippen LogP contribution < -0.4 is 0 Å². The van der Waals surface area contributed by atoms with E-state index in [4.69, 9.17) is 4.74 Å². The molecule has 4 heteroatoms. The highest BCUT2D eigenvalue weighted by molar-refractivity contribution is 5.74. The van der Waals surface area contributed by atoms with Crippen molar-refractivity contribution < 1.29 is 9.53 Å². The molecule has 1 unspecified atom stereocenters. The molecule has 82 valence electrons. The zero-order chi connectivity index (χ0) is 10.8. The lowest BCUT2D eigenvalue weighted by molar-refractivity contribution is -0.141. The average Bonchev–Trinajstić information content (AvgIpc) is 2.76. The maximum Gasteiger partial charge on any atom is 0.309 e. The molecular weight excluding hydrogens is 192 g/mol. The third kappa shape index (κ3) is 1.89. The van der Waals surface area contributed by atoms with E-state index < -0.39 is 0 Å².